The van der Waals surface area contributed by atoms with Gasteiger partial charge in [0.15, 0.2) is 5.78 Å². The minimum absolute atomic E-state index is 0.131. The molecule has 4 aromatic rings. The summed E-state index contributed by atoms with van der Waals surface area (Å²) < 4.78 is 5.87. The molecular weight excluding hydrogens is 478 g/mol. The summed E-state index contributed by atoms with van der Waals surface area (Å²) in [6.07, 6.45) is 3.48. The Labute approximate surface area is 223 Å². The van der Waals surface area contributed by atoms with E-state index in [1.165, 1.54) is 16.3 Å². The number of benzene rings is 4. The van der Waals surface area contributed by atoms with Crippen LogP contribution in [0.1, 0.15) is 61.3 Å². The number of fused-ring (bicyclic) bond motifs is 4. The lowest BCUT2D eigenvalue weighted by Gasteiger charge is -2.37. The molecule has 1 aliphatic carbocycles. The Hall–Kier alpha value is -3.56. The van der Waals surface area contributed by atoms with E-state index in [9.17, 15) is 4.79 Å². The minimum Gasteiger partial charge on any atom is -0.494 e. The molecule has 1 N–H and O–H groups in total. The summed E-state index contributed by atoms with van der Waals surface area (Å²) >= 11 is 6.19. The van der Waals surface area contributed by atoms with Crippen LogP contribution in [0.25, 0.3) is 16.3 Å². The Bertz CT molecular complexity index is 1490. The quantitative estimate of drug-likeness (QED) is 0.265. The van der Waals surface area contributed by atoms with E-state index in [2.05, 4.69) is 60.8 Å². The molecule has 2 atom stereocenters. The van der Waals surface area contributed by atoms with Gasteiger partial charge in [0, 0.05) is 28.3 Å². The van der Waals surface area contributed by atoms with Gasteiger partial charge in [-0.05, 0) is 76.6 Å². The highest BCUT2D eigenvalue weighted by Crippen LogP contribution is 2.51. The van der Waals surface area contributed by atoms with E-state index >= 15 is 0 Å². The molecule has 4 aromatic carbocycles. The van der Waals surface area contributed by atoms with Gasteiger partial charge >= 0.3 is 0 Å². The summed E-state index contributed by atoms with van der Waals surface area (Å²) in [4.78, 5) is 13.9. The van der Waals surface area contributed by atoms with Gasteiger partial charge in [0.2, 0.25) is 0 Å². The number of Topliss-reactive ketones (excluding diaryl/α,β-unsaturated/α-hetero) is 1. The van der Waals surface area contributed by atoms with Gasteiger partial charge in [0.25, 0.3) is 0 Å². The molecule has 0 spiro atoms. The molecule has 186 valence electrons. The van der Waals surface area contributed by atoms with E-state index < -0.39 is 0 Å². The van der Waals surface area contributed by atoms with Gasteiger partial charge < -0.3 is 10.1 Å². The van der Waals surface area contributed by atoms with Crippen LogP contribution in [-0.4, -0.2) is 12.4 Å². The summed E-state index contributed by atoms with van der Waals surface area (Å²) in [7, 11) is 0. The van der Waals surface area contributed by atoms with E-state index in [4.69, 9.17) is 16.3 Å². The second-order valence-electron chi connectivity index (χ2n) is 10.0. The van der Waals surface area contributed by atoms with Crippen LogP contribution in [0.2, 0.25) is 5.02 Å². The maximum Gasteiger partial charge on any atom is 0.162 e. The number of ether oxygens (including phenoxy) is 1. The van der Waals surface area contributed by atoms with Crippen LogP contribution < -0.4 is 10.1 Å². The Balaban J connectivity index is 1.43. The average Bonchev–Trinajstić information content (AvgIpc) is 2.93. The highest BCUT2D eigenvalue weighted by atomic mass is 35.5. The number of anilines is 1. The lowest BCUT2D eigenvalue weighted by Crippen LogP contribution is -2.29. The molecule has 4 heteroatoms. The third-order valence-corrected chi connectivity index (χ3v) is 7.90. The van der Waals surface area contributed by atoms with Crippen molar-refractivity contribution < 1.29 is 9.53 Å². The second kappa shape index (κ2) is 10.1. The van der Waals surface area contributed by atoms with Crippen LogP contribution in [-0.2, 0) is 4.79 Å². The number of rotatable bonds is 6. The van der Waals surface area contributed by atoms with E-state index in [0.717, 1.165) is 59.6 Å². The maximum absolute atomic E-state index is 13.9. The first-order chi connectivity index (χ1) is 18.1. The Kier molecular flexibility index (Phi) is 6.48. The number of allylic oxidation sites excluding steroid dienone is 1. The van der Waals surface area contributed by atoms with Gasteiger partial charge in [-0.3, -0.25) is 4.79 Å². The zero-order valence-electron chi connectivity index (χ0n) is 21.0. The van der Waals surface area contributed by atoms with Gasteiger partial charge in [-0.2, -0.15) is 0 Å². The molecule has 6 rings (SSSR count). The zero-order valence-corrected chi connectivity index (χ0v) is 21.7. The van der Waals surface area contributed by atoms with E-state index in [0.29, 0.717) is 11.4 Å². The third kappa shape index (κ3) is 4.53. The fourth-order valence-electron chi connectivity index (χ4n) is 5.76. The van der Waals surface area contributed by atoms with Crippen molar-refractivity contribution in [1.29, 1.82) is 0 Å². The van der Waals surface area contributed by atoms with Crippen molar-refractivity contribution in [2.75, 3.05) is 11.9 Å². The Morgan fingerprint density at radius 2 is 1.65 bits per heavy atom. The first-order valence-corrected chi connectivity index (χ1v) is 13.5. The molecule has 0 saturated carbocycles. The first kappa shape index (κ1) is 23.8. The van der Waals surface area contributed by atoms with Gasteiger partial charge in [0.05, 0.1) is 12.6 Å². The third-order valence-electron chi connectivity index (χ3n) is 7.65. The van der Waals surface area contributed by atoms with E-state index in [-0.39, 0.29) is 17.7 Å². The molecular formula is C33H30ClNO2. The summed E-state index contributed by atoms with van der Waals surface area (Å²) in [5, 5.41) is 6.76. The van der Waals surface area contributed by atoms with Gasteiger partial charge in [0.1, 0.15) is 5.75 Å². The number of ketones is 1. The topological polar surface area (TPSA) is 38.3 Å². The predicted octanol–water partition coefficient (Wildman–Crippen LogP) is 8.74. The van der Waals surface area contributed by atoms with Crippen LogP contribution in [0, 0.1) is 0 Å². The van der Waals surface area contributed by atoms with Crippen molar-refractivity contribution in [2.45, 2.75) is 44.6 Å². The predicted molar refractivity (Wildman–Crippen MR) is 153 cm³/mol. The summed E-state index contributed by atoms with van der Waals surface area (Å²) in [6.45, 7) is 2.89. The van der Waals surface area contributed by atoms with Crippen molar-refractivity contribution in [3.63, 3.8) is 0 Å². The number of halogens is 1. The van der Waals surface area contributed by atoms with E-state index in [1.54, 1.807) is 0 Å². The smallest absolute Gasteiger partial charge is 0.162 e. The fourth-order valence-corrected chi connectivity index (χ4v) is 5.88. The van der Waals surface area contributed by atoms with Crippen LogP contribution in [0.4, 0.5) is 5.69 Å². The number of hydrogen-bond donors (Lipinski definition) is 1. The molecule has 0 amide bonds. The number of carbonyl (C=O) groups is 1. The lowest BCUT2D eigenvalue weighted by molar-refractivity contribution is -0.116. The van der Waals surface area contributed by atoms with Crippen LogP contribution in [0.5, 0.6) is 5.75 Å². The fraction of sp³-hybridized carbons (Fsp3) is 0.242. The van der Waals surface area contributed by atoms with E-state index in [1.807, 2.05) is 36.4 Å². The molecule has 0 fully saturated rings. The minimum atomic E-state index is -0.191. The highest BCUT2D eigenvalue weighted by molar-refractivity contribution is 6.30. The monoisotopic (exact) mass is 507 g/mol. The number of carbonyl (C=O) groups excluding carboxylic acids is 1. The van der Waals surface area contributed by atoms with Gasteiger partial charge in [-0.1, -0.05) is 79.5 Å². The summed E-state index contributed by atoms with van der Waals surface area (Å²) in [6, 6.07) is 28.8. The molecule has 3 nitrogen and oxygen atoms in total. The second-order valence-corrected chi connectivity index (χ2v) is 10.5. The molecule has 0 unspecified atom stereocenters. The number of hydrogen-bond acceptors (Lipinski definition) is 3. The number of nitrogens with one attached hydrogen (secondary N) is 1. The van der Waals surface area contributed by atoms with Gasteiger partial charge in [-0.25, -0.2) is 0 Å². The summed E-state index contributed by atoms with van der Waals surface area (Å²) in [5.41, 5.74) is 6.53. The lowest BCUT2D eigenvalue weighted by atomic mass is 9.71. The molecule has 1 heterocycles. The zero-order chi connectivity index (χ0) is 25.4. The van der Waals surface area contributed by atoms with Crippen LogP contribution in [0.3, 0.4) is 0 Å². The van der Waals surface area contributed by atoms with Crippen molar-refractivity contribution in [3.05, 3.63) is 112 Å². The van der Waals surface area contributed by atoms with Crippen molar-refractivity contribution in [3.8, 4) is 5.75 Å². The van der Waals surface area contributed by atoms with Gasteiger partial charge in [-0.15, -0.1) is 0 Å². The van der Waals surface area contributed by atoms with Crippen molar-refractivity contribution >= 4 is 39.4 Å². The molecule has 1 aliphatic heterocycles. The first-order valence-electron chi connectivity index (χ1n) is 13.2. The molecule has 0 saturated heterocycles. The largest absolute Gasteiger partial charge is 0.494 e. The van der Waals surface area contributed by atoms with Crippen LogP contribution in [0.15, 0.2) is 90.5 Å². The standard InChI is InChI=1S/C33H30ClNO2/c1-2-3-18-37-26-15-10-21(11-16-26)24-19-28-31-27-7-5-4-6-22(27)12-17-29(31)35-33(32(28)30(36)20-24)23-8-13-25(34)14-9-23/h4-17,24,33,35H,2-3,18-20H2,1H3/t24-,33+/m0/s1. The van der Waals surface area contributed by atoms with Crippen molar-refractivity contribution in [2.24, 2.45) is 0 Å². The van der Waals surface area contributed by atoms with Crippen LogP contribution >= 0.6 is 11.6 Å². The molecule has 37 heavy (non-hydrogen) atoms. The molecule has 0 bridgehead atoms. The summed E-state index contributed by atoms with van der Waals surface area (Å²) in [5.74, 6) is 1.23. The Morgan fingerprint density at radius 1 is 0.892 bits per heavy atom. The SMILES string of the molecule is CCCCOc1ccc([C@@H]2CC(=O)C3=C(C2)c2c(ccc4ccccc24)N[C@@H]3c2ccc(Cl)cc2)cc1. The number of unbranched alkanes of at least 4 members (excludes halogenated alkanes) is 1. The molecule has 2 aliphatic rings. The average molecular weight is 508 g/mol. The maximum atomic E-state index is 13.9. The normalized spacial score (nSPS) is 18.8. The van der Waals surface area contributed by atoms with Crippen molar-refractivity contribution in [1.82, 2.24) is 0 Å². The Morgan fingerprint density at radius 3 is 2.43 bits per heavy atom. The molecule has 0 aromatic heterocycles. The highest BCUT2D eigenvalue weighted by Gasteiger charge is 2.38. The molecule has 0 radical (unpaired) electrons.